The molecule has 0 saturated carbocycles. The van der Waals surface area contributed by atoms with Crippen LogP contribution in [0.3, 0.4) is 0 Å². The molecule has 4 heteroatoms. The van der Waals surface area contributed by atoms with Crippen LogP contribution in [0.1, 0.15) is 23.1 Å². The molecule has 2 aromatic rings. The molecule has 0 aliphatic carbocycles. The van der Waals surface area contributed by atoms with Crippen molar-refractivity contribution < 1.29 is 4.79 Å². The summed E-state index contributed by atoms with van der Waals surface area (Å²) in [6, 6.07) is 13.2. The van der Waals surface area contributed by atoms with Gasteiger partial charge in [-0.2, -0.15) is 0 Å². The number of nitrogens with zero attached hydrogens (tertiary/aromatic N) is 1. The molecule has 3 nitrogen and oxygen atoms in total. The van der Waals surface area contributed by atoms with E-state index in [0.29, 0.717) is 5.69 Å². The molecule has 1 heterocycles. The molecule has 0 radical (unpaired) electrons. The third-order valence-electron chi connectivity index (χ3n) is 2.56. The molecule has 0 spiro atoms. The Bertz CT molecular complexity index is 584. The predicted molar refractivity (Wildman–Crippen MR) is 79.8 cm³/mol. The molecule has 19 heavy (non-hydrogen) atoms. The van der Waals surface area contributed by atoms with Crippen LogP contribution < -0.4 is 5.32 Å². The Morgan fingerprint density at radius 2 is 2.00 bits per heavy atom. The molecule has 98 valence electrons. The van der Waals surface area contributed by atoms with E-state index in [1.165, 1.54) is 0 Å². The van der Waals surface area contributed by atoms with E-state index in [1.54, 1.807) is 17.8 Å². The molecule has 1 N–H and O–H groups in total. The van der Waals surface area contributed by atoms with Gasteiger partial charge in [0.05, 0.1) is 5.69 Å². The molecule has 0 saturated heterocycles. The Morgan fingerprint density at radius 3 is 2.74 bits per heavy atom. The number of rotatable bonds is 4. The van der Waals surface area contributed by atoms with Gasteiger partial charge in [-0.25, -0.2) is 4.98 Å². The highest BCUT2D eigenvalue weighted by molar-refractivity contribution is 7.99. The van der Waals surface area contributed by atoms with Crippen molar-refractivity contribution in [3.8, 4) is 0 Å². The minimum absolute atomic E-state index is 0.173. The molecule has 1 amide bonds. The number of nitrogens with one attached hydrogen (secondary N) is 1. The summed E-state index contributed by atoms with van der Waals surface area (Å²) in [6.07, 6.45) is 0. The topological polar surface area (TPSA) is 42.0 Å². The van der Waals surface area contributed by atoms with Crippen LogP contribution in [0.15, 0.2) is 47.4 Å². The smallest absolute Gasteiger partial charge is 0.274 e. The van der Waals surface area contributed by atoms with Crippen molar-refractivity contribution in [1.82, 2.24) is 4.98 Å². The number of hydrogen-bond donors (Lipinski definition) is 1. The zero-order chi connectivity index (χ0) is 13.7. The molecule has 0 atom stereocenters. The first kappa shape index (κ1) is 13.6. The van der Waals surface area contributed by atoms with Gasteiger partial charge >= 0.3 is 0 Å². The maximum absolute atomic E-state index is 12.1. The number of carbonyl (C=O) groups excluding carboxylic acids is 1. The maximum Gasteiger partial charge on any atom is 0.274 e. The number of thioether (sulfide) groups is 1. The third kappa shape index (κ3) is 3.58. The summed E-state index contributed by atoms with van der Waals surface area (Å²) < 4.78 is 0. The highest BCUT2D eigenvalue weighted by atomic mass is 32.2. The van der Waals surface area contributed by atoms with Crippen LogP contribution >= 0.6 is 11.8 Å². The molecule has 1 aromatic heterocycles. The van der Waals surface area contributed by atoms with Gasteiger partial charge in [-0.1, -0.05) is 25.1 Å². The lowest BCUT2D eigenvalue weighted by Gasteiger charge is -2.09. The van der Waals surface area contributed by atoms with Crippen LogP contribution in [-0.2, 0) is 0 Å². The van der Waals surface area contributed by atoms with E-state index in [4.69, 9.17) is 0 Å². The number of pyridine rings is 1. The number of carbonyl (C=O) groups is 1. The van der Waals surface area contributed by atoms with Crippen LogP contribution in [0.25, 0.3) is 0 Å². The second-order valence-electron chi connectivity index (χ2n) is 4.05. The Balaban J connectivity index is 2.19. The number of amides is 1. The van der Waals surface area contributed by atoms with Gasteiger partial charge < -0.3 is 5.32 Å². The quantitative estimate of drug-likeness (QED) is 0.862. The van der Waals surface area contributed by atoms with Gasteiger partial charge in [-0.3, -0.25) is 4.79 Å². The SMILES string of the molecule is CCSc1ccccc1NC(=O)c1cccc(C)n1. The fourth-order valence-corrected chi connectivity index (χ4v) is 2.47. The van der Waals surface area contributed by atoms with Crippen molar-refractivity contribution in [2.45, 2.75) is 18.7 Å². The normalized spacial score (nSPS) is 10.2. The Hall–Kier alpha value is -1.81. The third-order valence-corrected chi connectivity index (χ3v) is 3.51. The molecule has 0 aliphatic heterocycles. The van der Waals surface area contributed by atoms with Crippen LogP contribution in [-0.4, -0.2) is 16.6 Å². The van der Waals surface area contributed by atoms with E-state index in [9.17, 15) is 4.79 Å². The molecule has 2 rings (SSSR count). The minimum Gasteiger partial charge on any atom is -0.320 e. The van der Waals surface area contributed by atoms with Crippen LogP contribution in [0.4, 0.5) is 5.69 Å². The van der Waals surface area contributed by atoms with Gasteiger partial charge in [0.2, 0.25) is 0 Å². The predicted octanol–water partition coefficient (Wildman–Crippen LogP) is 3.75. The lowest BCUT2D eigenvalue weighted by molar-refractivity contribution is 0.102. The zero-order valence-corrected chi connectivity index (χ0v) is 11.8. The van der Waals surface area contributed by atoms with Crippen molar-refractivity contribution in [2.24, 2.45) is 0 Å². The molecule has 0 unspecified atom stereocenters. The van der Waals surface area contributed by atoms with Crippen molar-refractivity contribution in [3.63, 3.8) is 0 Å². The highest BCUT2D eigenvalue weighted by Crippen LogP contribution is 2.26. The van der Waals surface area contributed by atoms with Crippen molar-refractivity contribution in [1.29, 1.82) is 0 Å². The van der Waals surface area contributed by atoms with Gasteiger partial charge in [0.1, 0.15) is 5.69 Å². The lowest BCUT2D eigenvalue weighted by Crippen LogP contribution is -2.14. The van der Waals surface area contributed by atoms with Crippen molar-refractivity contribution in [3.05, 3.63) is 53.9 Å². The molecule has 1 aromatic carbocycles. The highest BCUT2D eigenvalue weighted by Gasteiger charge is 2.10. The number of hydrogen-bond acceptors (Lipinski definition) is 3. The Kier molecular flexibility index (Phi) is 4.58. The monoisotopic (exact) mass is 272 g/mol. The number of para-hydroxylation sites is 1. The molecular formula is C15H16N2OS. The molecule has 0 fully saturated rings. The number of aromatic nitrogens is 1. The number of aryl methyl sites for hydroxylation is 1. The van der Waals surface area contributed by atoms with E-state index in [2.05, 4.69) is 17.2 Å². The summed E-state index contributed by atoms with van der Waals surface area (Å²) in [5.41, 5.74) is 2.11. The second-order valence-corrected chi connectivity index (χ2v) is 5.35. The van der Waals surface area contributed by atoms with Gasteiger partial charge in [0, 0.05) is 10.6 Å². The fourth-order valence-electron chi connectivity index (χ4n) is 1.71. The maximum atomic E-state index is 12.1. The fraction of sp³-hybridized carbons (Fsp3) is 0.200. The van der Waals surface area contributed by atoms with Gasteiger partial charge in [0.25, 0.3) is 5.91 Å². The van der Waals surface area contributed by atoms with Crippen LogP contribution in [0, 0.1) is 6.92 Å². The van der Waals surface area contributed by atoms with Gasteiger partial charge in [-0.15, -0.1) is 11.8 Å². The van der Waals surface area contributed by atoms with E-state index in [-0.39, 0.29) is 5.91 Å². The zero-order valence-electron chi connectivity index (χ0n) is 11.0. The Labute approximate surface area is 117 Å². The molecule has 0 aliphatic rings. The largest absolute Gasteiger partial charge is 0.320 e. The average molecular weight is 272 g/mol. The van der Waals surface area contributed by atoms with Crippen LogP contribution in [0.5, 0.6) is 0 Å². The summed E-state index contributed by atoms with van der Waals surface area (Å²) >= 11 is 1.71. The van der Waals surface area contributed by atoms with Gasteiger partial charge in [0.15, 0.2) is 0 Å². The summed E-state index contributed by atoms with van der Waals surface area (Å²) in [7, 11) is 0. The average Bonchev–Trinajstić information content (AvgIpc) is 2.41. The van der Waals surface area contributed by atoms with Crippen molar-refractivity contribution >= 4 is 23.4 Å². The van der Waals surface area contributed by atoms with E-state index < -0.39 is 0 Å². The minimum atomic E-state index is -0.173. The number of anilines is 1. The van der Waals surface area contributed by atoms with E-state index in [0.717, 1.165) is 22.0 Å². The summed E-state index contributed by atoms with van der Waals surface area (Å²) in [4.78, 5) is 17.4. The van der Waals surface area contributed by atoms with E-state index >= 15 is 0 Å². The second kappa shape index (κ2) is 6.38. The first-order valence-corrected chi connectivity index (χ1v) is 7.16. The summed E-state index contributed by atoms with van der Waals surface area (Å²) in [6.45, 7) is 3.96. The van der Waals surface area contributed by atoms with Crippen molar-refractivity contribution in [2.75, 3.05) is 11.1 Å². The van der Waals surface area contributed by atoms with Crippen LogP contribution in [0.2, 0.25) is 0 Å². The summed E-state index contributed by atoms with van der Waals surface area (Å²) in [5, 5.41) is 2.92. The lowest BCUT2D eigenvalue weighted by atomic mass is 10.2. The number of benzene rings is 1. The summed E-state index contributed by atoms with van der Waals surface area (Å²) in [5.74, 6) is 0.795. The first-order valence-electron chi connectivity index (χ1n) is 6.17. The first-order chi connectivity index (χ1) is 9.20. The van der Waals surface area contributed by atoms with Gasteiger partial charge in [-0.05, 0) is 36.9 Å². The van der Waals surface area contributed by atoms with E-state index in [1.807, 2.05) is 43.3 Å². The Morgan fingerprint density at radius 1 is 1.21 bits per heavy atom. The molecular weight excluding hydrogens is 256 g/mol. The molecule has 0 bridgehead atoms. The standard InChI is InChI=1S/C15H16N2OS/c1-3-19-14-10-5-4-8-12(14)17-15(18)13-9-6-7-11(2)16-13/h4-10H,3H2,1-2H3,(H,17,18).